The van der Waals surface area contributed by atoms with Crippen molar-refractivity contribution in [1.29, 1.82) is 0 Å². The number of carbonyl (C=O) groups is 1. The number of anilines is 1. The maximum atomic E-state index is 12.1. The molecule has 0 aliphatic heterocycles. The zero-order chi connectivity index (χ0) is 18.2. The first-order valence-electron chi connectivity index (χ1n) is 8.55. The van der Waals surface area contributed by atoms with Crippen LogP contribution in [-0.2, 0) is 11.3 Å². The molecular formula is C16H25N5O4. The molecule has 0 saturated carbocycles. The van der Waals surface area contributed by atoms with Crippen molar-refractivity contribution in [3.63, 3.8) is 0 Å². The number of rotatable bonds is 10. The lowest BCUT2D eigenvalue weighted by Crippen LogP contribution is -2.19. The second-order valence-electron chi connectivity index (χ2n) is 6.05. The van der Waals surface area contributed by atoms with Crippen molar-refractivity contribution in [2.45, 2.75) is 45.6 Å². The van der Waals surface area contributed by atoms with Gasteiger partial charge in [0.05, 0.1) is 6.33 Å². The molecule has 4 N–H and O–H groups in total. The van der Waals surface area contributed by atoms with Gasteiger partial charge in [-0.05, 0) is 12.8 Å². The van der Waals surface area contributed by atoms with Gasteiger partial charge in [-0.15, -0.1) is 0 Å². The molecule has 0 aromatic carbocycles. The highest BCUT2D eigenvalue weighted by atomic mass is 16.3. The van der Waals surface area contributed by atoms with Gasteiger partial charge in [0.1, 0.15) is 0 Å². The molecule has 0 unspecified atom stereocenters. The van der Waals surface area contributed by atoms with E-state index in [1.54, 1.807) is 4.57 Å². The number of hydrogen-bond acceptors (Lipinski definition) is 6. The highest BCUT2D eigenvalue weighted by Gasteiger charge is 2.13. The Kier molecular flexibility index (Phi) is 7.08. The zero-order valence-electron chi connectivity index (χ0n) is 14.4. The summed E-state index contributed by atoms with van der Waals surface area (Å²) < 4.78 is 1.68. The van der Waals surface area contributed by atoms with E-state index in [1.807, 2.05) is 0 Å². The Morgan fingerprint density at radius 2 is 2.12 bits per heavy atom. The van der Waals surface area contributed by atoms with Gasteiger partial charge < -0.3 is 14.8 Å². The second kappa shape index (κ2) is 9.28. The van der Waals surface area contributed by atoms with Gasteiger partial charge in [-0.1, -0.05) is 19.8 Å². The van der Waals surface area contributed by atoms with Crippen LogP contribution in [-0.4, -0.2) is 48.9 Å². The molecule has 25 heavy (non-hydrogen) atoms. The average molecular weight is 351 g/mol. The maximum Gasteiger partial charge on any atom is 0.280 e. The van der Waals surface area contributed by atoms with Crippen LogP contribution in [0.5, 0.6) is 0 Å². The molecule has 0 radical (unpaired) electrons. The number of aromatic nitrogens is 4. The Labute approximate surface area is 145 Å². The summed E-state index contributed by atoms with van der Waals surface area (Å²) >= 11 is 0. The predicted octanol–water partition coefficient (Wildman–Crippen LogP) is 0.629. The van der Waals surface area contributed by atoms with Gasteiger partial charge in [-0.25, -0.2) is 4.98 Å². The number of nitrogens with zero attached hydrogens (tertiary/aromatic N) is 3. The SMILES string of the molecule is CCCCCC(=O)Nc1nc2c(ncn2CCC(CO)CO)c(=O)[nH]1. The molecule has 0 spiro atoms. The van der Waals surface area contributed by atoms with E-state index in [2.05, 4.69) is 27.2 Å². The number of amides is 1. The molecule has 0 aliphatic rings. The Hall–Kier alpha value is -2.26. The lowest BCUT2D eigenvalue weighted by Gasteiger charge is -2.11. The minimum Gasteiger partial charge on any atom is -0.396 e. The van der Waals surface area contributed by atoms with Crippen LogP contribution in [0.2, 0.25) is 0 Å². The van der Waals surface area contributed by atoms with Crippen LogP contribution in [0.1, 0.15) is 39.0 Å². The van der Waals surface area contributed by atoms with Crippen molar-refractivity contribution in [2.24, 2.45) is 5.92 Å². The maximum absolute atomic E-state index is 12.1. The number of nitrogens with one attached hydrogen (secondary N) is 2. The smallest absolute Gasteiger partial charge is 0.280 e. The molecule has 0 saturated heterocycles. The predicted molar refractivity (Wildman–Crippen MR) is 93.2 cm³/mol. The highest BCUT2D eigenvalue weighted by molar-refractivity contribution is 5.89. The Balaban J connectivity index is 2.14. The number of hydrogen-bond donors (Lipinski definition) is 4. The van der Waals surface area contributed by atoms with Crippen molar-refractivity contribution >= 4 is 23.0 Å². The number of aryl methyl sites for hydroxylation is 1. The van der Waals surface area contributed by atoms with Crippen LogP contribution in [0.15, 0.2) is 11.1 Å². The summed E-state index contributed by atoms with van der Waals surface area (Å²) in [7, 11) is 0. The topological polar surface area (TPSA) is 133 Å². The number of carbonyl (C=O) groups excluding carboxylic acids is 1. The lowest BCUT2D eigenvalue weighted by molar-refractivity contribution is -0.116. The van der Waals surface area contributed by atoms with Gasteiger partial charge in [0, 0.05) is 32.1 Å². The lowest BCUT2D eigenvalue weighted by atomic mass is 10.1. The van der Waals surface area contributed by atoms with E-state index in [0.717, 1.165) is 19.3 Å². The van der Waals surface area contributed by atoms with Gasteiger partial charge in [-0.2, -0.15) is 4.98 Å². The molecule has 0 bridgehead atoms. The molecule has 0 atom stereocenters. The molecule has 0 fully saturated rings. The molecule has 2 heterocycles. The fourth-order valence-electron chi connectivity index (χ4n) is 2.47. The summed E-state index contributed by atoms with van der Waals surface area (Å²) in [4.78, 5) is 34.8. The van der Waals surface area contributed by atoms with Crippen LogP contribution in [0.25, 0.3) is 11.2 Å². The standard InChI is InChI=1S/C16H25N5O4/c1-2-3-4-5-12(24)18-16-19-14-13(15(25)20-16)17-10-21(14)7-6-11(8-22)9-23/h10-11,22-23H,2-9H2,1H3,(H2,18,19,20,24,25). The Bertz CT molecular complexity index is 751. The molecule has 1 amide bonds. The van der Waals surface area contributed by atoms with Crippen molar-refractivity contribution in [3.05, 3.63) is 16.7 Å². The van der Waals surface area contributed by atoms with Crippen molar-refractivity contribution in [3.8, 4) is 0 Å². The number of aliphatic hydroxyl groups is 2. The van der Waals surface area contributed by atoms with E-state index in [0.29, 0.717) is 25.0 Å². The van der Waals surface area contributed by atoms with Crippen molar-refractivity contribution in [1.82, 2.24) is 19.5 Å². The minimum absolute atomic E-state index is 0.0987. The molecule has 138 valence electrons. The molecule has 9 heteroatoms. The molecule has 2 aromatic rings. The van der Waals surface area contributed by atoms with Gasteiger partial charge in [0.2, 0.25) is 11.9 Å². The summed E-state index contributed by atoms with van der Waals surface area (Å²) in [5.74, 6) is -0.332. The largest absolute Gasteiger partial charge is 0.396 e. The number of unbranched alkanes of at least 4 members (excludes halogenated alkanes) is 2. The summed E-state index contributed by atoms with van der Waals surface area (Å²) in [6.45, 7) is 2.28. The highest BCUT2D eigenvalue weighted by Crippen LogP contribution is 2.11. The number of imidazole rings is 1. The monoisotopic (exact) mass is 351 g/mol. The summed E-state index contributed by atoms with van der Waals surface area (Å²) in [6, 6.07) is 0. The van der Waals surface area contributed by atoms with E-state index < -0.39 is 5.56 Å². The number of fused-ring (bicyclic) bond motifs is 1. The quantitative estimate of drug-likeness (QED) is 0.464. The van der Waals surface area contributed by atoms with Crippen LogP contribution < -0.4 is 10.9 Å². The van der Waals surface area contributed by atoms with Gasteiger partial charge in [0.25, 0.3) is 5.56 Å². The average Bonchev–Trinajstić information content (AvgIpc) is 2.99. The first-order valence-corrected chi connectivity index (χ1v) is 8.55. The number of aromatic amines is 1. The first-order chi connectivity index (χ1) is 12.1. The fraction of sp³-hybridized carbons (Fsp3) is 0.625. The van der Waals surface area contributed by atoms with Crippen LogP contribution in [0.4, 0.5) is 5.95 Å². The summed E-state index contributed by atoms with van der Waals surface area (Å²) in [5.41, 5.74) is 0.129. The van der Waals surface area contributed by atoms with Gasteiger partial charge in [-0.3, -0.25) is 19.9 Å². The van der Waals surface area contributed by atoms with Crippen molar-refractivity contribution in [2.75, 3.05) is 18.5 Å². The van der Waals surface area contributed by atoms with Crippen LogP contribution in [0, 0.1) is 5.92 Å². The Morgan fingerprint density at radius 3 is 2.80 bits per heavy atom. The first kappa shape index (κ1) is 19.1. The van der Waals surface area contributed by atoms with Crippen molar-refractivity contribution < 1.29 is 15.0 Å². The molecule has 9 nitrogen and oxygen atoms in total. The summed E-state index contributed by atoms with van der Waals surface area (Å²) in [5, 5.41) is 20.9. The molecule has 2 aromatic heterocycles. The number of aliphatic hydroxyl groups excluding tert-OH is 2. The fourth-order valence-corrected chi connectivity index (χ4v) is 2.47. The van der Waals surface area contributed by atoms with Crippen LogP contribution >= 0.6 is 0 Å². The van der Waals surface area contributed by atoms with E-state index in [9.17, 15) is 9.59 Å². The van der Waals surface area contributed by atoms with E-state index in [1.165, 1.54) is 6.33 Å². The second-order valence-corrected chi connectivity index (χ2v) is 6.05. The normalized spacial score (nSPS) is 11.4. The molecular weight excluding hydrogens is 326 g/mol. The summed E-state index contributed by atoms with van der Waals surface area (Å²) in [6.07, 6.45) is 5.17. The Morgan fingerprint density at radius 1 is 1.36 bits per heavy atom. The van der Waals surface area contributed by atoms with E-state index in [4.69, 9.17) is 10.2 Å². The van der Waals surface area contributed by atoms with Crippen LogP contribution in [0.3, 0.4) is 0 Å². The van der Waals surface area contributed by atoms with E-state index in [-0.39, 0.29) is 36.5 Å². The third-order valence-electron chi connectivity index (χ3n) is 4.03. The zero-order valence-corrected chi connectivity index (χ0v) is 14.4. The minimum atomic E-state index is -0.423. The third-order valence-corrected chi connectivity index (χ3v) is 4.03. The van der Waals surface area contributed by atoms with Gasteiger partial charge >= 0.3 is 0 Å². The molecule has 2 rings (SSSR count). The van der Waals surface area contributed by atoms with Gasteiger partial charge in [0.15, 0.2) is 11.2 Å². The van der Waals surface area contributed by atoms with E-state index >= 15 is 0 Å². The number of H-pyrrole nitrogens is 1. The third kappa shape index (κ3) is 5.10. The molecule has 0 aliphatic carbocycles.